The number of benzene rings is 2. The van der Waals surface area contributed by atoms with Crippen LogP contribution in [-0.2, 0) is 21.3 Å². The van der Waals surface area contributed by atoms with Crippen molar-refractivity contribution in [3.05, 3.63) is 65.2 Å². The van der Waals surface area contributed by atoms with Gasteiger partial charge >= 0.3 is 5.97 Å². The third-order valence-electron chi connectivity index (χ3n) is 3.13. The van der Waals surface area contributed by atoms with Gasteiger partial charge < -0.3 is 4.74 Å². The summed E-state index contributed by atoms with van der Waals surface area (Å²) in [4.78, 5) is 11.4. The van der Waals surface area contributed by atoms with E-state index in [0.717, 1.165) is 11.1 Å². The Hall–Kier alpha value is -2.18. The molecule has 0 heterocycles. The zero-order valence-electron chi connectivity index (χ0n) is 12.4. The van der Waals surface area contributed by atoms with Gasteiger partial charge in [-0.25, -0.2) is 17.9 Å². The molecule has 22 heavy (non-hydrogen) atoms. The first-order valence-electron chi connectivity index (χ1n) is 6.66. The molecule has 6 heteroatoms. The van der Waals surface area contributed by atoms with Crippen molar-refractivity contribution >= 4 is 16.0 Å². The van der Waals surface area contributed by atoms with E-state index in [0.29, 0.717) is 5.56 Å². The molecule has 0 radical (unpaired) electrons. The zero-order chi connectivity index (χ0) is 16.2. The maximum Gasteiger partial charge on any atom is 0.337 e. The van der Waals surface area contributed by atoms with Gasteiger partial charge in [0.2, 0.25) is 10.0 Å². The van der Waals surface area contributed by atoms with E-state index in [1.807, 2.05) is 31.2 Å². The van der Waals surface area contributed by atoms with Crippen LogP contribution < -0.4 is 4.72 Å². The topological polar surface area (TPSA) is 72.5 Å². The van der Waals surface area contributed by atoms with Crippen LogP contribution in [0.3, 0.4) is 0 Å². The van der Waals surface area contributed by atoms with E-state index in [1.54, 1.807) is 0 Å². The number of hydrogen-bond acceptors (Lipinski definition) is 4. The minimum atomic E-state index is -3.62. The summed E-state index contributed by atoms with van der Waals surface area (Å²) >= 11 is 0. The van der Waals surface area contributed by atoms with Gasteiger partial charge in [-0.2, -0.15) is 0 Å². The van der Waals surface area contributed by atoms with E-state index < -0.39 is 16.0 Å². The lowest BCUT2D eigenvalue weighted by atomic mass is 10.1. The summed E-state index contributed by atoms with van der Waals surface area (Å²) in [6.45, 7) is 2.16. The van der Waals surface area contributed by atoms with Crippen LogP contribution in [0.1, 0.15) is 21.5 Å². The summed E-state index contributed by atoms with van der Waals surface area (Å²) in [6, 6.07) is 13.2. The summed E-state index contributed by atoms with van der Waals surface area (Å²) in [6.07, 6.45) is 0. The second-order valence-electron chi connectivity index (χ2n) is 4.83. The molecule has 116 valence electrons. The third-order valence-corrected chi connectivity index (χ3v) is 4.55. The number of carbonyl (C=O) groups excluding carboxylic acids is 1. The van der Waals surface area contributed by atoms with Gasteiger partial charge in [0, 0.05) is 6.54 Å². The predicted octanol–water partition coefficient (Wildman–Crippen LogP) is 2.26. The quantitative estimate of drug-likeness (QED) is 0.858. The van der Waals surface area contributed by atoms with Crippen molar-refractivity contribution in [2.24, 2.45) is 0 Å². The molecule has 0 saturated carbocycles. The average molecular weight is 319 g/mol. The smallest absolute Gasteiger partial charge is 0.337 e. The summed E-state index contributed by atoms with van der Waals surface area (Å²) in [5, 5.41) is 0. The first-order valence-corrected chi connectivity index (χ1v) is 8.14. The van der Waals surface area contributed by atoms with E-state index in [2.05, 4.69) is 9.46 Å². The Balaban J connectivity index is 2.11. The van der Waals surface area contributed by atoms with Gasteiger partial charge in [0.15, 0.2) is 0 Å². The number of carbonyl (C=O) groups is 1. The zero-order valence-corrected chi connectivity index (χ0v) is 13.2. The molecule has 5 nitrogen and oxygen atoms in total. The van der Waals surface area contributed by atoms with Crippen LogP contribution in [0.4, 0.5) is 0 Å². The monoisotopic (exact) mass is 319 g/mol. The highest BCUT2D eigenvalue weighted by Crippen LogP contribution is 2.12. The Kier molecular flexibility index (Phi) is 4.95. The van der Waals surface area contributed by atoms with Gasteiger partial charge in [-0.3, -0.25) is 0 Å². The van der Waals surface area contributed by atoms with Gasteiger partial charge in [-0.1, -0.05) is 29.8 Å². The minimum Gasteiger partial charge on any atom is -0.465 e. The lowest BCUT2D eigenvalue weighted by Crippen LogP contribution is -2.23. The van der Waals surface area contributed by atoms with Crippen molar-refractivity contribution in [1.29, 1.82) is 0 Å². The molecule has 0 aliphatic carbocycles. The molecule has 0 aliphatic heterocycles. The van der Waals surface area contributed by atoms with Crippen LogP contribution in [0.15, 0.2) is 53.4 Å². The van der Waals surface area contributed by atoms with Gasteiger partial charge in [0.25, 0.3) is 0 Å². The molecular formula is C16H17NO4S. The summed E-state index contributed by atoms with van der Waals surface area (Å²) in [5.74, 6) is -0.503. The van der Waals surface area contributed by atoms with Crippen molar-refractivity contribution in [3.8, 4) is 0 Å². The van der Waals surface area contributed by atoms with Crippen molar-refractivity contribution < 1.29 is 17.9 Å². The fourth-order valence-electron chi connectivity index (χ4n) is 1.97. The number of sulfonamides is 1. The molecule has 0 saturated heterocycles. The Morgan fingerprint density at radius 1 is 1.14 bits per heavy atom. The van der Waals surface area contributed by atoms with E-state index in [-0.39, 0.29) is 11.4 Å². The van der Waals surface area contributed by atoms with Crippen LogP contribution in [0.5, 0.6) is 0 Å². The normalized spacial score (nSPS) is 11.2. The highest BCUT2D eigenvalue weighted by molar-refractivity contribution is 7.89. The van der Waals surface area contributed by atoms with Gasteiger partial charge in [-0.15, -0.1) is 0 Å². The third kappa shape index (κ3) is 3.93. The van der Waals surface area contributed by atoms with E-state index >= 15 is 0 Å². The average Bonchev–Trinajstić information content (AvgIpc) is 2.52. The Bertz CT molecular complexity index is 767. The number of hydrogen-bond donors (Lipinski definition) is 1. The van der Waals surface area contributed by atoms with E-state index in [9.17, 15) is 13.2 Å². The Labute approximate surface area is 130 Å². The molecular weight excluding hydrogens is 302 g/mol. The number of aryl methyl sites for hydroxylation is 1. The van der Waals surface area contributed by atoms with Crippen molar-refractivity contribution in [2.45, 2.75) is 18.4 Å². The van der Waals surface area contributed by atoms with E-state index in [1.165, 1.54) is 31.4 Å². The molecule has 2 aromatic carbocycles. The number of ether oxygens (including phenoxy) is 1. The highest BCUT2D eigenvalue weighted by atomic mass is 32.2. The van der Waals surface area contributed by atoms with E-state index in [4.69, 9.17) is 0 Å². The maximum atomic E-state index is 12.2. The molecule has 0 spiro atoms. The second-order valence-corrected chi connectivity index (χ2v) is 6.60. The van der Waals surface area contributed by atoms with Crippen molar-refractivity contribution in [2.75, 3.05) is 7.11 Å². The fourth-order valence-corrected chi connectivity index (χ4v) is 2.99. The van der Waals surface area contributed by atoms with Crippen LogP contribution >= 0.6 is 0 Å². The Morgan fingerprint density at radius 2 is 1.82 bits per heavy atom. The Morgan fingerprint density at radius 3 is 2.41 bits per heavy atom. The van der Waals surface area contributed by atoms with Crippen LogP contribution in [0.2, 0.25) is 0 Å². The molecule has 1 N–H and O–H groups in total. The van der Waals surface area contributed by atoms with Gasteiger partial charge in [0.1, 0.15) is 0 Å². The molecule has 0 aliphatic rings. The molecule has 2 rings (SSSR count). The largest absolute Gasteiger partial charge is 0.465 e. The molecule has 0 bridgehead atoms. The standard InChI is InChI=1S/C16H17NO4S/c1-12-4-3-5-13(10-12)11-17-22(19,20)15-8-6-14(7-9-15)16(18)21-2/h3-10,17H,11H2,1-2H3. The molecule has 2 aromatic rings. The van der Waals surface area contributed by atoms with Crippen LogP contribution in [0, 0.1) is 6.92 Å². The highest BCUT2D eigenvalue weighted by Gasteiger charge is 2.14. The molecule has 0 atom stereocenters. The molecule has 0 fully saturated rings. The maximum absolute atomic E-state index is 12.2. The second kappa shape index (κ2) is 6.72. The summed E-state index contributed by atoms with van der Waals surface area (Å²) in [5.41, 5.74) is 2.26. The van der Waals surface area contributed by atoms with Crippen molar-refractivity contribution in [3.63, 3.8) is 0 Å². The molecule has 0 unspecified atom stereocenters. The first kappa shape index (κ1) is 16.2. The number of nitrogens with one attached hydrogen (secondary N) is 1. The molecule has 0 amide bonds. The van der Waals surface area contributed by atoms with Gasteiger partial charge in [-0.05, 0) is 36.8 Å². The van der Waals surface area contributed by atoms with Crippen LogP contribution in [0.25, 0.3) is 0 Å². The minimum absolute atomic E-state index is 0.104. The van der Waals surface area contributed by atoms with Gasteiger partial charge in [0.05, 0.1) is 17.6 Å². The van der Waals surface area contributed by atoms with Crippen LogP contribution in [-0.4, -0.2) is 21.5 Å². The predicted molar refractivity (Wildman–Crippen MR) is 83.0 cm³/mol. The lowest BCUT2D eigenvalue weighted by Gasteiger charge is -2.08. The number of esters is 1. The van der Waals surface area contributed by atoms with Crippen molar-refractivity contribution in [1.82, 2.24) is 4.72 Å². The first-order chi connectivity index (χ1) is 10.4. The number of rotatable bonds is 5. The fraction of sp³-hybridized carbons (Fsp3) is 0.188. The number of methoxy groups -OCH3 is 1. The summed E-state index contributed by atoms with van der Waals surface area (Å²) < 4.78 is 31.5. The summed E-state index contributed by atoms with van der Waals surface area (Å²) in [7, 11) is -2.35. The lowest BCUT2D eigenvalue weighted by molar-refractivity contribution is 0.0600. The SMILES string of the molecule is COC(=O)c1ccc(S(=O)(=O)NCc2cccc(C)c2)cc1. The molecule has 0 aromatic heterocycles.